The Kier molecular flexibility index (Phi) is 5.84. The summed E-state index contributed by atoms with van der Waals surface area (Å²) in [5, 5.41) is 0. The molecule has 0 bridgehead atoms. The number of ether oxygens (including phenoxy) is 1. The van der Waals surface area contributed by atoms with Crippen LogP contribution in [0.3, 0.4) is 0 Å². The molecule has 0 atom stereocenters. The van der Waals surface area contributed by atoms with Gasteiger partial charge in [-0.15, -0.1) is 0 Å². The van der Waals surface area contributed by atoms with Crippen LogP contribution < -0.4 is 4.74 Å². The van der Waals surface area contributed by atoms with Gasteiger partial charge in [-0.05, 0) is 29.2 Å². The van der Waals surface area contributed by atoms with Gasteiger partial charge < -0.3 is 19.5 Å². The second kappa shape index (κ2) is 8.29. The van der Waals surface area contributed by atoms with Gasteiger partial charge in [0.2, 0.25) is 5.91 Å². The van der Waals surface area contributed by atoms with Crippen molar-refractivity contribution in [3.63, 3.8) is 0 Å². The van der Waals surface area contributed by atoms with Crippen LogP contribution in [0.4, 0.5) is 0 Å². The average molecular weight is 369 g/mol. The molecule has 0 spiro atoms. The molecule has 3 rings (SSSR count). The maximum atomic E-state index is 12.7. The van der Waals surface area contributed by atoms with Crippen molar-refractivity contribution in [1.29, 1.82) is 0 Å². The van der Waals surface area contributed by atoms with Crippen LogP contribution in [-0.4, -0.2) is 59.9 Å². The first-order valence-electron chi connectivity index (χ1n) is 9.36. The number of aromatic nitrogens is 1. The van der Waals surface area contributed by atoms with E-state index in [4.69, 9.17) is 4.74 Å². The molecule has 1 aromatic heterocycles. The van der Waals surface area contributed by atoms with Crippen molar-refractivity contribution in [1.82, 2.24) is 14.8 Å². The highest BCUT2D eigenvalue weighted by Crippen LogP contribution is 2.27. The summed E-state index contributed by atoms with van der Waals surface area (Å²) in [5.74, 6) is 1.31. The monoisotopic (exact) mass is 369 g/mol. The number of aromatic amines is 1. The van der Waals surface area contributed by atoms with Gasteiger partial charge >= 0.3 is 0 Å². The number of nitrogens with zero attached hydrogens (tertiary/aromatic N) is 2. The molecule has 1 fully saturated rings. The number of hydrogen-bond acceptors (Lipinski definition) is 3. The van der Waals surface area contributed by atoms with Crippen LogP contribution in [0, 0.1) is 0 Å². The molecule has 1 aromatic carbocycles. The SMILES string of the molecule is COc1ccc(CC(=O)N2CCN(C(=O)c3cc[nH]c3)CC2)cc1C(C)C. The lowest BCUT2D eigenvalue weighted by molar-refractivity contribution is -0.131. The minimum Gasteiger partial charge on any atom is -0.496 e. The first kappa shape index (κ1) is 19.0. The lowest BCUT2D eigenvalue weighted by atomic mass is 9.98. The van der Waals surface area contributed by atoms with E-state index in [9.17, 15) is 9.59 Å². The van der Waals surface area contributed by atoms with Crippen molar-refractivity contribution in [2.75, 3.05) is 33.3 Å². The van der Waals surface area contributed by atoms with Crippen LogP contribution in [0.5, 0.6) is 5.75 Å². The Morgan fingerprint density at radius 3 is 2.41 bits per heavy atom. The van der Waals surface area contributed by atoms with Crippen LogP contribution in [0.1, 0.15) is 41.3 Å². The van der Waals surface area contributed by atoms with Gasteiger partial charge in [-0.25, -0.2) is 0 Å². The molecule has 1 aliphatic rings. The van der Waals surface area contributed by atoms with Gasteiger partial charge in [-0.3, -0.25) is 9.59 Å². The smallest absolute Gasteiger partial charge is 0.255 e. The van der Waals surface area contributed by atoms with E-state index in [1.54, 1.807) is 30.5 Å². The lowest BCUT2D eigenvalue weighted by Gasteiger charge is -2.34. The molecule has 2 amide bonds. The number of benzene rings is 1. The van der Waals surface area contributed by atoms with Crippen molar-refractivity contribution in [2.24, 2.45) is 0 Å². The average Bonchev–Trinajstić information content (AvgIpc) is 3.22. The normalized spacial score (nSPS) is 14.5. The molecule has 1 N–H and O–H groups in total. The van der Waals surface area contributed by atoms with Gasteiger partial charge in [0.1, 0.15) is 5.75 Å². The quantitative estimate of drug-likeness (QED) is 0.881. The minimum atomic E-state index is 0.0140. The predicted octanol–water partition coefficient (Wildman–Crippen LogP) is 2.67. The Labute approximate surface area is 160 Å². The van der Waals surface area contributed by atoms with Crippen molar-refractivity contribution < 1.29 is 14.3 Å². The number of rotatable bonds is 5. The molecule has 6 heteroatoms. The second-order valence-electron chi connectivity index (χ2n) is 7.18. The topological polar surface area (TPSA) is 65.6 Å². The summed E-state index contributed by atoms with van der Waals surface area (Å²) in [6, 6.07) is 7.72. The van der Waals surface area contributed by atoms with Crippen molar-refractivity contribution in [3.8, 4) is 5.75 Å². The summed E-state index contributed by atoms with van der Waals surface area (Å²) in [6.07, 6.45) is 3.82. The highest BCUT2D eigenvalue weighted by atomic mass is 16.5. The van der Waals surface area contributed by atoms with Crippen molar-refractivity contribution >= 4 is 11.8 Å². The highest BCUT2D eigenvalue weighted by Gasteiger charge is 2.25. The van der Waals surface area contributed by atoms with Crippen LogP contribution >= 0.6 is 0 Å². The number of H-pyrrole nitrogens is 1. The van der Waals surface area contributed by atoms with E-state index in [1.807, 2.05) is 17.0 Å². The van der Waals surface area contributed by atoms with Gasteiger partial charge in [-0.2, -0.15) is 0 Å². The van der Waals surface area contributed by atoms with E-state index in [0.717, 1.165) is 16.9 Å². The van der Waals surface area contributed by atoms with E-state index in [2.05, 4.69) is 24.9 Å². The van der Waals surface area contributed by atoms with Gasteiger partial charge in [0, 0.05) is 38.6 Å². The maximum absolute atomic E-state index is 12.7. The molecule has 0 unspecified atom stereocenters. The summed E-state index contributed by atoms with van der Waals surface area (Å²) < 4.78 is 5.41. The lowest BCUT2D eigenvalue weighted by Crippen LogP contribution is -2.50. The number of hydrogen-bond donors (Lipinski definition) is 1. The van der Waals surface area contributed by atoms with Crippen LogP contribution in [0.2, 0.25) is 0 Å². The number of carbonyl (C=O) groups is 2. The number of amides is 2. The van der Waals surface area contributed by atoms with Gasteiger partial charge in [0.15, 0.2) is 0 Å². The van der Waals surface area contributed by atoms with E-state index >= 15 is 0 Å². The number of carbonyl (C=O) groups excluding carboxylic acids is 2. The zero-order chi connectivity index (χ0) is 19.4. The number of methoxy groups -OCH3 is 1. The molecule has 0 saturated carbocycles. The third kappa shape index (κ3) is 4.32. The Morgan fingerprint density at radius 2 is 1.81 bits per heavy atom. The molecule has 0 aliphatic carbocycles. The summed E-state index contributed by atoms with van der Waals surface area (Å²) in [6.45, 7) is 6.50. The third-order valence-corrected chi connectivity index (χ3v) is 5.04. The fourth-order valence-electron chi connectivity index (χ4n) is 3.43. The molecule has 2 aromatic rings. The molecule has 1 saturated heterocycles. The zero-order valence-electron chi connectivity index (χ0n) is 16.2. The number of nitrogens with one attached hydrogen (secondary N) is 1. The molecular weight excluding hydrogens is 342 g/mol. The Bertz CT molecular complexity index is 791. The van der Waals surface area contributed by atoms with Crippen molar-refractivity contribution in [3.05, 3.63) is 53.3 Å². The minimum absolute atomic E-state index is 0.0140. The van der Waals surface area contributed by atoms with E-state index < -0.39 is 0 Å². The predicted molar refractivity (Wildman–Crippen MR) is 104 cm³/mol. The fourth-order valence-corrected chi connectivity index (χ4v) is 3.43. The summed E-state index contributed by atoms with van der Waals surface area (Å²) in [5.41, 5.74) is 2.77. The number of piperazine rings is 1. The molecule has 1 aliphatic heterocycles. The van der Waals surface area contributed by atoms with Crippen LogP contribution in [0.25, 0.3) is 0 Å². The summed E-state index contributed by atoms with van der Waals surface area (Å²) in [7, 11) is 1.67. The van der Waals surface area contributed by atoms with Crippen LogP contribution in [-0.2, 0) is 11.2 Å². The highest BCUT2D eigenvalue weighted by molar-refractivity contribution is 5.94. The first-order valence-corrected chi connectivity index (χ1v) is 9.36. The molecule has 27 heavy (non-hydrogen) atoms. The largest absolute Gasteiger partial charge is 0.496 e. The standard InChI is InChI=1S/C21H27N3O3/c1-15(2)18-12-16(4-5-19(18)27-3)13-20(25)23-8-10-24(11-9-23)21(26)17-6-7-22-14-17/h4-7,12,14-15,22H,8-11,13H2,1-3H3. The Hall–Kier alpha value is -2.76. The summed E-state index contributed by atoms with van der Waals surface area (Å²) >= 11 is 0. The maximum Gasteiger partial charge on any atom is 0.255 e. The van der Waals surface area contributed by atoms with Gasteiger partial charge in [-0.1, -0.05) is 26.0 Å². The zero-order valence-corrected chi connectivity index (χ0v) is 16.2. The van der Waals surface area contributed by atoms with E-state index in [0.29, 0.717) is 44.1 Å². The van der Waals surface area contributed by atoms with Gasteiger partial charge in [0.25, 0.3) is 5.91 Å². The van der Waals surface area contributed by atoms with Crippen molar-refractivity contribution in [2.45, 2.75) is 26.2 Å². The Morgan fingerprint density at radius 1 is 1.11 bits per heavy atom. The summed E-state index contributed by atoms with van der Waals surface area (Å²) in [4.78, 5) is 31.6. The van der Waals surface area contributed by atoms with Crippen LogP contribution in [0.15, 0.2) is 36.7 Å². The first-order chi connectivity index (χ1) is 13.0. The molecule has 2 heterocycles. The van der Waals surface area contributed by atoms with E-state index in [-0.39, 0.29) is 11.8 Å². The third-order valence-electron chi connectivity index (χ3n) is 5.04. The van der Waals surface area contributed by atoms with Gasteiger partial charge in [0.05, 0.1) is 19.1 Å². The van der Waals surface area contributed by atoms with E-state index in [1.165, 1.54) is 0 Å². The Balaban J connectivity index is 1.58. The molecule has 6 nitrogen and oxygen atoms in total. The fraction of sp³-hybridized carbons (Fsp3) is 0.429. The molecular formula is C21H27N3O3. The molecule has 144 valence electrons. The second-order valence-corrected chi connectivity index (χ2v) is 7.18. The molecule has 0 radical (unpaired) electrons.